The highest BCUT2D eigenvalue weighted by atomic mass is 16.7. The van der Waals surface area contributed by atoms with E-state index >= 15 is 0 Å². The summed E-state index contributed by atoms with van der Waals surface area (Å²) < 4.78 is 14.6. The van der Waals surface area contributed by atoms with E-state index in [9.17, 15) is 4.79 Å². The van der Waals surface area contributed by atoms with E-state index in [0.717, 1.165) is 70.8 Å². The van der Waals surface area contributed by atoms with Crippen molar-refractivity contribution < 1.29 is 9.47 Å². The maximum absolute atomic E-state index is 12.6. The number of ether oxygens (including phenoxy) is 2. The van der Waals surface area contributed by atoms with Gasteiger partial charge in [-0.25, -0.2) is 9.48 Å². The average Bonchev–Trinajstić information content (AvgIpc) is 3.37. The highest BCUT2D eigenvalue weighted by Crippen LogP contribution is 2.33. The zero-order valence-corrected chi connectivity index (χ0v) is 15.2. The third-order valence-corrected chi connectivity index (χ3v) is 6.00. The van der Waals surface area contributed by atoms with Gasteiger partial charge in [0, 0.05) is 32.0 Å². The zero-order valence-electron chi connectivity index (χ0n) is 15.2. The van der Waals surface area contributed by atoms with Crippen molar-refractivity contribution in [1.29, 1.82) is 0 Å². The van der Waals surface area contributed by atoms with Crippen molar-refractivity contribution in [3.63, 3.8) is 0 Å². The van der Waals surface area contributed by atoms with Crippen LogP contribution in [0.25, 0.3) is 0 Å². The third-order valence-electron chi connectivity index (χ3n) is 6.00. The van der Waals surface area contributed by atoms with Crippen LogP contribution in [-0.4, -0.2) is 58.4 Å². The maximum atomic E-state index is 12.6. The molecule has 2 aliphatic heterocycles. The van der Waals surface area contributed by atoms with Crippen LogP contribution in [0.4, 0.5) is 0 Å². The average molecular weight is 350 g/mol. The monoisotopic (exact) mass is 350 g/mol. The van der Waals surface area contributed by atoms with Gasteiger partial charge >= 0.3 is 5.69 Å². The quantitative estimate of drug-likeness (QED) is 0.808. The fraction of sp³-hybridized carbons (Fsp3) is 0.889. The van der Waals surface area contributed by atoms with Crippen LogP contribution in [0.1, 0.15) is 62.7 Å². The van der Waals surface area contributed by atoms with Gasteiger partial charge in [-0.2, -0.15) is 5.10 Å². The molecule has 7 heteroatoms. The number of aromatic nitrogens is 3. The highest BCUT2D eigenvalue weighted by Gasteiger charge is 2.30. The number of aryl methyl sites for hydroxylation is 1. The largest absolute Gasteiger partial charge is 0.350 e. The second-order valence-corrected chi connectivity index (χ2v) is 7.65. The Morgan fingerprint density at radius 3 is 2.44 bits per heavy atom. The van der Waals surface area contributed by atoms with Crippen LogP contribution in [0.2, 0.25) is 0 Å². The van der Waals surface area contributed by atoms with Gasteiger partial charge in [-0.15, -0.1) is 0 Å². The van der Waals surface area contributed by atoms with Crippen LogP contribution in [0, 0.1) is 0 Å². The van der Waals surface area contributed by atoms with E-state index in [4.69, 9.17) is 9.47 Å². The first-order valence-corrected chi connectivity index (χ1v) is 9.83. The standard InChI is InChI=1S/C18H30N4O3/c1-20-18(23)22(15-4-2-3-5-15)17(19-20)14-6-9-21(10-7-14)11-8-16-24-12-13-25-16/h14-16H,2-13H2,1H3. The summed E-state index contributed by atoms with van der Waals surface area (Å²) in [6, 6.07) is 0.367. The Balaban J connectivity index is 1.37. The highest BCUT2D eigenvalue weighted by molar-refractivity contribution is 5.02. The van der Waals surface area contributed by atoms with Crippen molar-refractivity contribution in [2.45, 2.75) is 63.2 Å². The lowest BCUT2D eigenvalue weighted by Gasteiger charge is -2.32. The van der Waals surface area contributed by atoms with Crippen molar-refractivity contribution in [2.24, 2.45) is 7.05 Å². The van der Waals surface area contributed by atoms with E-state index in [1.165, 1.54) is 17.5 Å². The Morgan fingerprint density at radius 1 is 1.08 bits per heavy atom. The Morgan fingerprint density at radius 2 is 1.76 bits per heavy atom. The molecule has 3 fully saturated rings. The van der Waals surface area contributed by atoms with Crippen LogP contribution >= 0.6 is 0 Å². The van der Waals surface area contributed by atoms with E-state index in [1.807, 2.05) is 4.57 Å². The summed E-state index contributed by atoms with van der Waals surface area (Å²) in [5, 5.41) is 4.62. The molecule has 7 nitrogen and oxygen atoms in total. The minimum absolute atomic E-state index is 0.0129. The minimum atomic E-state index is -0.0129. The van der Waals surface area contributed by atoms with Crippen molar-refractivity contribution >= 4 is 0 Å². The Kier molecular flexibility index (Phi) is 5.24. The molecule has 0 N–H and O–H groups in total. The molecule has 3 aliphatic rings. The molecule has 0 aromatic carbocycles. The maximum Gasteiger partial charge on any atom is 0.345 e. The number of rotatable bonds is 5. The molecule has 0 spiro atoms. The second-order valence-electron chi connectivity index (χ2n) is 7.65. The van der Waals surface area contributed by atoms with Gasteiger partial charge < -0.3 is 14.4 Å². The minimum Gasteiger partial charge on any atom is -0.350 e. The van der Waals surface area contributed by atoms with Crippen molar-refractivity contribution in [3.8, 4) is 0 Å². The summed E-state index contributed by atoms with van der Waals surface area (Å²) in [4.78, 5) is 15.0. The normalized spacial score (nSPS) is 24.5. The molecule has 140 valence electrons. The molecule has 25 heavy (non-hydrogen) atoms. The lowest BCUT2D eigenvalue weighted by Crippen LogP contribution is -2.36. The number of hydrogen-bond donors (Lipinski definition) is 0. The van der Waals surface area contributed by atoms with E-state index in [2.05, 4.69) is 10.00 Å². The van der Waals surface area contributed by atoms with Gasteiger partial charge in [-0.3, -0.25) is 4.57 Å². The summed E-state index contributed by atoms with van der Waals surface area (Å²) in [7, 11) is 1.79. The number of nitrogens with zero attached hydrogens (tertiary/aromatic N) is 4. The number of likely N-dealkylation sites (tertiary alicyclic amines) is 1. The summed E-state index contributed by atoms with van der Waals surface area (Å²) in [5.74, 6) is 1.44. The summed E-state index contributed by atoms with van der Waals surface area (Å²) in [6.07, 6.45) is 7.80. The summed E-state index contributed by atoms with van der Waals surface area (Å²) >= 11 is 0. The lowest BCUT2D eigenvalue weighted by atomic mass is 9.95. The molecule has 3 heterocycles. The van der Waals surface area contributed by atoms with Gasteiger partial charge in [0.15, 0.2) is 6.29 Å². The zero-order chi connectivity index (χ0) is 17.2. The molecule has 0 bridgehead atoms. The van der Waals surface area contributed by atoms with Gasteiger partial charge in [0.25, 0.3) is 0 Å². The predicted molar refractivity (Wildman–Crippen MR) is 93.7 cm³/mol. The number of hydrogen-bond acceptors (Lipinski definition) is 5. The molecule has 0 radical (unpaired) electrons. The molecule has 1 aliphatic carbocycles. The topological polar surface area (TPSA) is 61.5 Å². The Bertz CT molecular complexity index is 621. The van der Waals surface area contributed by atoms with Crippen LogP contribution in [-0.2, 0) is 16.5 Å². The Hall–Kier alpha value is -1.18. The second kappa shape index (κ2) is 7.60. The summed E-state index contributed by atoms with van der Waals surface area (Å²) in [6.45, 7) is 4.60. The molecule has 0 unspecified atom stereocenters. The van der Waals surface area contributed by atoms with Crippen LogP contribution in [0.5, 0.6) is 0 Å². The van der Waals surface area contributed by atoms with E-state index < -0.39 is 0 Å². The van der Waals surface area contributed by atoms with Crippen LogP contribution < -0.4 is 5.69 Å². The fourth-order valence-corrected chi connectivity index (χ4v) is 4.56. The van der Waals surface area contributed by atoms with Crippen molar-refractivity contribution in [2.75, 3.05) is 32.8 Å². The van der Waals surface area contributed by atoms with Crippen molar-refractivity contribution in [1.82, 2.24) is 19.2 Å². The van der Waals surface area contributed by atoms with Crippen LogP contribution in [0.3, 0.4) is 0 Å². The van der Waals surface area contributed by atoms with E-state index in [1.54, 1.807) is 7.05 Å². The number of piperidine rings is 1. The predicted octanol–water partition coefficient (Wildman–Crippen LogP) is 1.64. The van der Waals surface area contributed by atoms with E-state index in [0.29, 0.717) is 12.0 Å². The molecule has 1 aromatic heterocycles. The first kappa shape index (κ1) is 17.2. The molecular weight excluding hydrogens is 320 g/mol. The summed E-state index contributed by atoms with van der Waals surface area (Å²) in [5.41, 5.74) is 0.0693. The van der Waals surface area contributed by atoms with E-state index in [-0.39, 0.29) is 12.0 Å². The molecule has 0 atom stereocenters. The molecule has 1 saturated carbocycles. The van der Waals surface area contributed by atoms with Crippen LogP contribution in [0.15, 0.2) is 4.79 Å². The smallest absolute Gasteiger partial charge is 0.345 e. The molecule has 1 aromatic rings. The van der Waals surface area contributed by atoms with Gasteiger partial charge in [0.1, 0.15) is 5.82 Å². The van der Waals surface area contributed by atoms with Gasteiger partial charge in [0.2, 0.25) is 0 Å². The fourth-order valence-electron chi connectivity index (χ4n) is 4.56. The van der Waals surface area contributed by atoms with Gasteiger partial charge in [-0.1, -0.05) is 12.8 Å². The van der Waals surface area contributed by atoms with Crippen molar-refractivity contribution in [3.05, 3.63) is 16.3 Å². The molecule has 2 saturated heterocycles. The lowest BCUT2D eigenvalue weighted by molar-refractivity contribution is -0.0524. The SMILES string of the molecule is Cn1nc(C2CCN(CCC3OCCO3)CC2)n(C2CCCC2)c1=O. The molecular formula is C18H30N4O3. The molecule has 0 amide bonds. The first-order chi connectivity index (χ1) is 12.2. The molecule has 4 rings (SSSR count). The first-order valence-electron chi connectivity index (χ1n) is 9.83. The van der Waals surface area contributed by atoms with Gasteiger partial charge in [0.05, 0.1) is 13.2 Å². The Labute approximate surface area is 148 Å². The van der Waals surface area contributed by atoms with Gasteiger partial charge in [-0.05, 0) is 38.8 Å². The third kappa shape index (κ3) is 3.68.